The van der Waals surface area contributed by atoms with Gasteiger partial charge in [-0.25, -0.2) is 5.43 Å². The van der Waals surface area contributed by atoms with Crippen molar-refractivity contribution < 1.29 is 4.79 Å². The number of carbonyl (C=O) groups excluding carboxylic acids is 1. The molecule has 0 radical (unpaired) electrons. The van der Waals surface area contributed by atoms with Gasteiger partial charge in [-0.05, 0) is 63.6 Å². The van der Waals surface area contributed by atoms with E-state index in [9.17, 15) is 4.79 Å². The summed E-state index contributed by atoms with van der Waals surface area (Å²) in [6.45, 7) is 8.13. The van der Waals surface area contributed by atoms with E-state index < -0.39 is 0 Å². The second-order valence-electron chi connectivity index (χ2n) is 6.66. The third kappa shape index (κ3) is 4.19. The molecule has 138 valence electrons. The van der Waals surface area contributed by atoms with Crippen molar-refractivity contribution in [1.29, 1.82) is 0 Å². The highest BCUT2D eigenvalue weighted by molar-refractivity contribution is 9.10. The van der Waals surface area contributed by atoms with Crippen molar-refractivity contribution in [3.8, 4) is 5.69 Å². The van der Waals surface area contributed by atoms with Crippen LogP contribution in [0.5, 0.6) is 0 Å². The summed E-state index contributed by atoms with van der Waals surface area (Å²) in [6, 6.07) is 15.8. The Labute approximate surface area is 168 Å². The van der Waals surface area contributed by atoms with Gasteiger partial charge < -0.3 is 4.57 Å². The van der Waals surface area contributed by atoms with Gasteiger partial charge in [0.1, 0.15) is 0 Å². The number of halogens is 1. The zero-order chi connectivity index (χ0) is 19.6. The summed E-state index contributed by atoms with van der Waals surface area (Å²) in [5.41, 5.74) is 9.67. The Morgan fingerprint density at radius 3 is 2.56 bits per heavy atom. The number of nitrogens with zero attached hydrogens (tertiary/aromatic N) is 2. The van der Waals surface area contributed by atoms with Gasteiger partial charge in [0.25, 0.3) is 5.91 Å². The first-order valence-electron chi connectivity index (χ1n) is 8.72. The van der Waals surface area contributed by atoms with Crippen LogP contribution in [0.4, 0.5) is 0 Å². The van der Waals surface area contributed by atoms with Gasteiger partial charge in [0.05, 0.1) is 6.21 Å². The molecule has 1 aromatic heterocycles. The summed E-state index contributed by atoms with van der Waals surface area (Å²) in [5.74, 6) is -0.216. The van der Waals surface area contributed by atoms with Crippen molar-refractivity contribution in [1.82, 2.24) is 9.99 Å². The van der Waals surface area contributed by atoms with E-state index in [4.69, 9.17) is 0 Å². The molecular formula is C22H22BrN3O. The molecule has 0 fully saturated rings. The molecule has 3 rings (SSSR count). The Bertz CT molecular complexity index is 1030. The van der Waals surface area contributed by atoms with Crippen LogP contribution >= 0.6 is 15.9 Å². The van der Waals surface area contributed by atoms with Crippen LogP contribution < -0.4 is 5.43 Å². The van der Waals surface area contributed by atoms with Crippen molar-refractivity contribution in [2.24, 2.45) is 5.10 Å². The largest absolute Gasteiger partial charge is 0.318 e. The molecule has 0 atom stereocenters. The fourth-order valence-electron chi connectivity index (χ4n) is 3.05. The first kappa shape index (κ1) is 19.1. The van der Waals surface area contributed by atoms with Gasteiger partial charge in [0.15, 0.2) is 0 Å². The fraction of sp³-hybridized carbons (Fsp3) is 0.182. The highest BCUT2D eigenvalue weighted by Gasteiger charge is 2.11. The third-order valence-electron chi connectivity index (χ3n) is 4.53. The number of nitrogens with one attached hydrogen (secondary N) is 1. The van der Waals surface area contributed by atoms with Gasteiger partial charge in [0.2, 0.25) is 0 Å². The van der Waals surface area contributed by atoms with E-state index in [1.54, 1.807) is 12.3 Å². The molecule has 0 aliphatic heterocycles. The SMILES string of the molecule is Cc1cccc(C(=O)N/N=C\c2cc(C)n(-c3ccc(C)c(Br)c3)c2C)c1. The van der Waals surface area contributed by atoms with Gasteiger partial charge in [0, 0.05) is 32.7 Å². The minimum Gasteiger partial charge on any atom is -0.318 e. The van der Waals surface area contributed by atoms with Crippen LogP contribution in [-0.4, -0.2) is 16.7 Å². The first-order valence-corrected chi connectivity index (χ1v) is 9.51. The fourth-order valence-corrected chi connectivity index (χ4v) is 3.41. The third-order valence-corrected chi connectivity index (χ3v) is 5.39. The number of hydrogen-bond donors (Lipinski definition) is 1. The average Bonchev–Trinajstić information content (AvgIpc) is 2.91. The van der Waals surface area contributed by atoms with E-state index in [1.165, 1.54) is 5.56 Å². The Balaban J connectivity index is 1.81. The molecule has 4 nitrogen and oxygen atoms in total. The monoisotopic (exact) mass is 423 g/mol. The molecule has 2 aromatic carbocycles. The quantitative estimate of drug-likeness (QED) is 0.452. The molecule has 0 unspecified atom stereocenters. The highest BCUT2D eigenvalue weighted by atomic mass is 79.9. The lowest BCUT2D eigenvalue weighted by Crippen LogP contribution is -2.17. The molecule has 0 bridgehead atoms. The highest BCUT2D eigenvalue weighted by Crippen LogP contribution is 2.24. The van der Waals surface area contributed by atoms with Crippen LogP contribution in [0.15, 0.2) is 58.1 Å². The molecule has 27 heavy (non-hydrogen) atoms. The van der Waals surface area contributed by atoms with Crippen molar-refractivity contribution in [2.45, 2.75) is 27.7 Å². The van der Waals surface area contributed by atoms with Crippen LogP contribution in [0.2, 0.25) is 0 Å². The predicted octanol–water partition coefficient (Wildman–Crippen LogP) is 5.24. The molecule has 1 N–H and O–H groups in total. The topological polar surface area (TPSA) is 46.4 Å². The minimum absolute atomic E-state index is 0.216. The molecule has 5 heteroatoms. The molecule has 1 heterocycles. The number of carbonyl (C=O) groups is 1. The Kier molecular flexibility index (Phi) is 5.61. The Morgan fingerprint density at radius 2 is 1.85 bits per heavy atom. The number of rotatable bonds is 4. The Hall–Kier alpha value is -2.66. The smallest absolute Gasteiger partial charge is 0.271 e. The van der Waals surface area contributed by atoms with Gasteiger partial charge in [-0.2, -0.15) is 5.10 Å². The molecule has 0 saturated carbocycles. The molecule has 3 aromatic rings. The lowest BCUT2D eigenvalue weighted by molar-refractivity contribution is 0.0955. The summed E-state index contributed by atoms with van der Waals surface area (Å²) >= 11 is 3.60. The van der Waals surface area contributed by atoms with E-state index in [2.05, 4.69) is 69.1 Å². The van der Waals surface area contributed by atoms with Crippen molar-refractivity contribution in [2.75, 3.05) is 0 Å². The molecule has 0 aliphatic carbocycles. The number of aromatic nitrogens is 1. The molecular weight excluding hydrogens is 402 g/mol. The first-order chi connectivity index (χ1) is 12.9. The van der Waals surface area contributed by atoms with E-state index >= 15 is 0 Å². The minimum atomic E-state index is -0.216. The van der Waals surface area contributed by atoms with Crippen molar-refractivity contribution in [3.63, 3.8) is 0 Å². The van der Waals surface area contributed by atoms with E-state index in [0.29, 0.717) is 5.56 Å². The number of hydrazone groups is 1. The summed E-state index contributed by atoms with van der Waals surface area (Å²) in [7, 11) is 0. The van der Waals surface area contributed by atoms with Gasteiger partial charge >= 0.3 is 0 Å². The van der Waals surface area contributed by atoms with Gasteiger partial charge in [-0.3, -0.25) is 4.79 Å². The van der Waals surface area contributed by atoms with Crippen LogP contribution in [0.25, 0.3) is 5.69 Å². The van der Waals surface area contributed by atoms with Gasteiger partial charge in [-0.1, -0.05) is 39.7 Å². The maximum absolute atomic E-state index is 12.2. The average molecular weight is 424 g/mol. The summed E-state index contributed by atoms with van der Waals surface area (Å²) < 4.78 is 3.25. The number of aryl methyl sites for hydroxylation is 3. The number of benzene rings is 2. The second kappa shape index (κ2) is 7.92. The lowest BCUT2D eigenvalue weighted by Gasteiger charge is -2.11. The standard InChI is InChI=1S/C22H22BrN3O/c1-14-6-5-7-18(10-14)22(27)25-24-13-19-11-16(3)26(17(19)4)20-9-8-15(2)21(23)12-20/h5-13H,1-4H3,(H,25,27)/b24-13-. The van der Waals surface area contributed by atoms with Crippen molar-refractivity contribution in [3.05, 3.63) is 86.6 Å². The summed E-state index contributed by atoms with van der Waals surface area (Å²) in [6.07, 6.45) is 1.69. The van der Waals surface area contributed by atoms with Crippen LogP contribution in [0.1, 0.15) is 38.4 Å². The summed E-state index contributed by atoms with van der Waals surface area (Å²) in [4.78, 5) is 12.2. The molecule has 0 saturated heterocycles. The van der Waals surface area contributed by atoms with Crippen LogP contribution in [-0.2, 0) is 0 Å². The maximum Gasteiger partial charge on any atom is 0.271 e. The maximum atomic E-state index is 12.2. The van der Waals surface area contributed by atoms with Crippen LogP contribution in [0.3, 0.4) is 0 Å². The van der Waals surface area contributed by atoms with Crippen LogP contribution in [0, 0.1) is 27.7 Å². The van der Waals surface area contributed by atoms with Gasteiger partial charge in [-0.15, -0.1) is 0 Å². The Morgan fingerprint density at radius 1 is 1.07 bits per heavy atom. The number of amides is 1. The zero-order valence-corrected chi connectivity index (χ0v) is 17.5. The number of hydrogen-bond acceptors (Lipinski definition) is 2. The molecule has 1 amide bonds. The summed E-state index contributed by atoms with van der Waals surface area (Å²) in [5, 5.41) is 4.14. The van der Waals surface area contributed by atoms with E-state index in [0.717, 1.165) is 32.7 Å². The molecule has 0 aliphatic rings. The predicted molar refractivity (Wildman–Crippen MR) is 114 cm³/mol. The van der Waals surface area contributed by atoms with E-state index in [-0.39, 0.29) is 5.91 Å². The molecule has 0 spiro atoms. The van der Waals surface area contributed by atoms with Crippen molar-refractivity contribution >= 4 is 28.1 Å². The normalized spacial score (nSPS) is 11.1. The zero-order valence-electron chi connectivity index (χ0n) is 15.9. The lowest BCUT2D eigenvalue weighted by atomic mass is 10.1. The van der Waals surface area contributed by atoms with E-state index in [1.807, 2.05) is 32.0 Å². The second-order valence-corrected chi connectivity index (χ2v) is 7.52.